The average Bonchev–Trinajstić information content (AvgIpc) is 2.90. The average molecular weight is 297 g/mol. The quantitative estimate of drug-likeness (QED) is 0.927. The fraction of sp³-hybridized carbons (Fsp3) is 0.429. The van der Waals surface area contributed by atoms with Crippen LogP contribution in [0.25, 0.3) is 11.4 Å². The fourth-order valence-electron chi connectivity index (χ4n) is 2.78. The lowest BCUT2D eigenvalue weighted by Crippen LogP contribution is -2.22. The van der Waals surface area contributed by atoms with Crippen molar-refractivity contribution in [3.63, 3.8) is 0 Å². The van der Waals surface area contributed by atoms with E-state index in [0.717, 1.165) is 12.5 Å². The molecule has 7 heteroatoms. The van der Waals surface area contributed by atoms with Gasteiger partial charge in [0.15, 0.2) is 5.82 Å². The van der Waals surface area contributed by atoms with Crippen molar-refractivity contribution >= 4 is 0 Å². The smallest absolute Gasteiger partial charge is 0.394 e. The van der Waals surface area contributed by atoms with Gasteiger partial charge >= 0.3 is 6.18 Å². The van der Waals surface area contributed by atoms with Gasteiger partial charge in [0, 0.05) is 12.0 Å². The zero-order valence-corrected chi connectivity index (χ0v) is 11.1. The Morgan fingerprint density at radius 3 is 2.71 bits per heavy atom. The molecule has 0 saturated heterocycles. The molecular formula is C14H14F3N3O. The van der Waals surface area contributed by atoms with E-state index in [4.69, 9.17) is 0 Å². The van der Waals surface area contributed by atoms with Gasteiger partial charge in [0.2, 0.25) is 0 Å². The third kappa shape index (κ3) is 2.42. The summed E-state index contributed by atoms with van der Waals surface area (Å²) in [5.74, 6) is 0.809. The van der Waals surface area contributed by atoms with Crippen LogP contribution in [0.5, 0.6) is 0 Å². The van der Waals surface area contributed by atoms with E-state index in [9.17, 15) is 18.3 Å². The Morgan fingerprint density at radius 1 is 1.24 bits per heavy atom. The molecule has 1 aromatic carbocycles. The number of alkyl halides is 3. The Balaban J connectivity index is 2.17. The Morgan fingerprint density at radius 2 is 2.00 bits per heavy atom. The minimum atomic E-state index is -4.45. The highest BCUT2D eigenvalue weighted by Gasteiger charge is 2.35. The van der Waals surface area contributed by atoms with Gasteiger partial charge in [-0.3, -0.25) is 0 Å². The summed E-state index contributed by atoms with van der Waals surface area (Å²) >= 11 is 0. The minimum Gasteiger partial charge on any atom is -0.394 e. The normalized spacial score (nSPS) is 18.6. The van der Waals surface area contributed by atoms with Crippen LogP contribution in [0.4, 0.5) is 13.2 Å². The van der Waals surface area contributed by atoms with Gasteiger partial charge in [-0.1, -0.05) is 18.2 Å². The maximum absolute atomic E-state index is 13.1. The second-order valence-corrected chi connectivity index (χ2v) is 5.08. The molecular weight excluding hydrogens is 283 g/mol. The number of halogens is 3. The Kier molecular flexibility index (Phi) is 3.44. The lowest BCUT2D eigenvalue weighted by Gasteiger charge is -2.25. The number of rotatable bonds is 2. The van der Waals surface area contributed by atoms with Crippen LogP contribution in [0.3, 0.4) is 0 Å². The molecule has 0 radical (unpaired) electrons. The minimum absolute atomic E-state index is 0.00380. The Bertz CT molecular complexity index is 651. The van der Waals surface area contributed by atoms with Crippen LogP contribution < -0.4 is 0 Å². The second-order valence-electron chi connectivity index (χ2n) is 5.08. The molecule has 0 saturated carbocycles. The maximum atomic E-state index is 13.1. The summed E-state index contributed by atoms with van der Waals surface area (Å²) < 4.78 is 41.1. The monoisotopic (exact) mass is 297 g/mol. The van der Waals surface area contributed by atoms with Crippen LogP contribution in [0.15, 0.2) is 24.3 Å². The first-order valence-corrected chi connectivity index (χ1v) is 6.73. The van der Waals surface area contributed by atoms with Crippen molar-refractivity contribution in [3.8, 4) is 11.4 Å². The van der Waals surface area contributed by atoms with E-state index in [1.54, 1.807) is 10.6 Å². The van der Waals surface area contributed by atoms with Gasteiger partial charge < -0.3 is 9.67 Å². The number of aliphatic hydroxyl groups is 1. The van der Waals surface area contributed by atoms with E-state index < -0.39 is 11.7 Å². The van der Waals surface area contributed by atoms with Crippen molar-refractivity contribution in [1.29, 1.82) is 0 Å². The van der Waals surface area contributed by atoms with Crippen LogP contribution in [-0.4, -0.2) is 26.5 Å². The van der Waals surface area contributed by atoms with E-state index in [1.807, 2.05) is 0 Å². The number of hydrogen-bond donors (Lipinski definition) is 1. The Labute approximate surface area is 119 Å². The van der Waals surface area contributed by atoms with E-state index in [-0.39, 0.29) is 24.0 Å². The SMILES string of the molecule is OCC1CCCc2nnc(-c3ccccc3C(F)(F)F)n21. The van der Waals surface area contributed by atoms with Crippen LogP contribution >= 0.6 is 0 Å². The Hall–Kier alpha value is -1.89. The predicted octanol–water partition coefficient (Wildman–Crippen LogP) is 2.83. The van der Waals surface area contributed by atoms with Gasteiger partial charge in [-0.25, -0.2) is 0 Å². The van der Waals surface area contributed by atoms with Gasteiger partial charge in [-0.05, 0) is 18.9 Å². The number of nitrogens with zero attached hydrogens (tertiary/aromatic N) is 3. The maximum Gasteiger partial charge on any atom is 0.417 e. The van der Waals surface area contributed by atoms with E-state index in [0.29, 0.717) is 18.7 Å². The van der Waals surface area contributed by atoms with Crippen molar-refractivity contribution in [2.24, 2.45) is 0 Å². The fourth-order valence-corrected chi connectivity index (χ4v) is 2.78. The molecule has 0 aliphatic carbocycles. The molecule has 1 atom stereocenters. The molecule has 1 N–H and O–H groups in total. The number of aromatic nitrogens is 3. The lowest BCUT2D eigenvalue weighted by molar-refractivity contribution is -0.137. The summed E-state index contributed by atoms with van der Waals surface area (Å²) in [6, 6.07) is 5.06. The highest BCUT2D eigenvalue weighted by molar-refractivity contribution is 5.61. The molecule has 2 aromatic rings. The molecule has 0 spiro atoms. The predicted molar refractivity (Wildman–Crippen MR) is 69.5 cm³/mol. The number of fused-ring (bicyclic) bond motifs is 1. The molecule has 1 aromatic heterocycles. The zero-order valence-electron chi connectivity index (χ0n) is 11.1. The standard InChI is InChI=1S/C14H14F3N3O/c15-14(16,17)11-6-2-1-5-10(11)13-19-18-12-7-3-4-9(8-21)20(12)13/h1-2,5-6,9,21H,3-4,7-8H2. The van der Waals surface area contributed by atoms with Crippen LogP contribution in [0.1, 0.15) is 30.3 Å². The van der Waals surface area contributed by atoms with E-state index in [1.165, 1.54) is 12.1 Å². The molecule has 2 heterocycles. The first-order valence-electron chi connectivity index (χ1n) is 6.73. The van der Waals surface area contributed by atoms with Crippen molar-refractivity contribution in [1.82, 2.24) is 14.8 Å². The van der Waals surface area contributed by atoms with Crippen molar-refractivity contribution in [2.45, 2.75) is 31.5 Å². The molecule has 1 aliphatic heterocycles. The number of aliphatic hydroxyl groups excluding tert-OH is 1. The molecule has 1 unspecified atom stereocenters. The molecule has 112 valence electrons. The second kappa shape index (κ2) is 5.14. The topological polar surface area (TPSA) is 50.9 Å². The van der Waals surface area contributed by atoms with E-state index in [2.05, 4.69) is 10.2 Å². The highest BCUT2D eigenvalue weighted by atomic mass is 19.4. The third-order valence-electron chi connectivity index (χ3n) is 3.75. The first kappa shape index (κ1) is 14.1. The van der Waals surface area contributed by atoms with Crippen LogP contribution in [0, 0.1) is 0 Å². The van der Waals surface area contributed by atoms with Crippen LogP contribution in [0.2, 0.25) is 0 Å². The summed E-state index contributed by atoms with van der Waals surface area (Å²) in [5, 5.41) is 17.4. The third-order valence-corrected chi connectivity index (χ3v) is 3.75. The zero-order chi connectivity index (χ0) is 15.0. The number of hydrogen-bond acceptors (Lipinski definition) is 3. The molecule has 21 heavy (non-hydrogen) atoms. The molecule has 1 aliphatic rings. The lowest BCUT2D eigenvalue weighted by atomic mass is 10.0. The van der Waals surface area contributed by atoms with Gasteiger partial charge in [0.1, 0.15) is 5.82 Å². The largest absolute Gasteiger partial charge is 0.417 e. The molecule has 0 bridgehead atoms. The van der Waals surface area contributed by atoms with Gasteiger partial charge in [-0.2, -0.15) is 13.2 Å². The number of aryl methyl sites for hydroxylation is 1. The van der Waals surface area contributed by atoms with Crippen molar-refractivity contribution in [2.75, 3.05) is 6.61 Å². The van der Waals surface area contributed by atoms with Gasteiger partial charge in [0.25, 0.3) is 0 Å². The van der Waals surface area contributed by atoms with Crippen molar-refractivity contribution < 1.29 is 18.3 Å². The van der Waals surface area contributed by atoms with Gasteiger partial charge in [-0.15, -0.1) is 10.2 Å². The summed E-state index contributed by atoms with van der Waals surface area (Å²) in [6.45, 7) is -0.133. The van der Waals surface area contributed by atoms with Gasteiger partial charge in [0.05, 0.1) is 18.2 Å². The molecule has 0 fully saturated rings. The van der Waals surface area contributed by atoms with E-state index >= 15 is 0 Å². The summed E-state index contributed by atoms with van der Waals surface area (Å²) in [4.78, 5) is 0. The van der Waals surface area contributed by atoms with Crippen LogP contribution in [-0.2, 0) is 12.6 Å². The number of benzene rings is 1. The highest BCUT2D eigenvalue weighted by Crippen LogP contribution is 2.38. The molecule has 3 rings (SSSR count). The first-order chi connectivity index (χ1) is 10.0. The molecule has 0 amide bonds. The summed E-state index contributed by atoms with van der Waals surface area (Å²) in [7, 11) is 0. The molecule has 4 nitrogen and oxygen atoms in total. The summed E-state index contributed by atoms with van der Waals surface area (Å²) in [5.41, 5.74) is -0.730. The summed E-state index contributed by atoms with van der Waals surface area (Å²) in [6.07, 6.45) is -2.23. The van der Waals surface area contributed by atoms with Crippen molar-refractivity contribution in [3.05, 3.63) is 35.7 Å².